The Bertz CT molecular complexity index is 830. The van der Waals surface area contributed by atoms with E-state index in [4.69, 9.17) is 5.11 Å². The molecule has 1 aliphatic rings. The second-order valence-corrected chi connectivity index (χ2v) is 5.95. The average molecular weight is 356 g/mol. The van der Waals surface area contributed by atoms with Crippen LogP contribution < -0.4 is 4.74 Å². The number of aromatic amines is 1. The van der Waals surface area contributed by atoms with Crippen molar-refractivity contribution in [3.05, 3.63) is 30.0 Å². The number of likely N-dealkylation sites (tertiary alicyclic amines) is 1. The van der Waals surface area contributed by atoms with Crippen LogP contribution >= 0.6 is 0 Å². The Morgan fingerprint density at radius 2 is 2.04 bits per heavy atom. The minimum Gasteiger partial charge on any atom is -0.481 e. The summed E-state index contributed by atoms with van der Waals surface area (Å²) in [6.07, 6.45) is -4.43. The van der Waals surface area contributed by atoms with Gasteiger partial charge in [-0.2, -0.15) is 0 Å². The van der Waals surface area contributed by atoms with Crippen molar-refractivity contribution in [3.8, 4) is 5.75 Å². The van der Waals surface area contributed by atoms with Gasteiger partial charge in [0.05, 0.1) is 5.92 Å². The maximum absolute atomic E-state index is 12.6. The summed E-state index contributed by atoms with van der Waals surface area (Å²) in [7, 11) is 0. The van der Waals surface area contributed by atoms with Gasteiger partial charge in [-0.05, 0) is 31.5 Å². The Morgan fingerprint density at radius 1 is 1.32 bits per heavy atom. The molecule has 1 amide bonds. The van der Waals surface area contributed by atoms with Crippen LogP contribution in [0.1, 0.15) is 23.8 Å². The van der Waals surface area contributed by atoms with E-state index >= 15 is 0 Å². The highest BCUT2D eigenvalue weighted by atomic mass is 19.4. The lowest BCUT2D eigenvalue weighted by Gasteiger charge is -2.22. The highest BCUT2D eigenvalue weighted by Crippen LogP contribution is 2.29. The van der Waals surface area contributed by atoms with Crippen molar-refractivity contribution in [3.63, 3.8) is 0 Å². The first-order valence-corrected chi connectivity index (χ1v) is 7.58. The van der Waals surface area contributed by atoms with Crippen LogP contribution in [0.2, 0.25) is 0 Å². The standard InChI is InChI=1S/C16H15F3N2O4/c1-8-11(15(23)24)4-5-21(8)14(22)13-6-9-2-3-10(7-12(9)20-13)25-16(17,18)19/h2-3,6-8,11,20H,4-5H2,1H3,(H,23,24). The number of aromatic nitrogens is 1. The molecule has 1 fully saturated rings. The minimum absolute atomic E-state index is 0.192. The molecule has 0 radical (unpaired) electrons. The lowest BCUT2D eigenvalue weighted by molar-refractivity contribution is -0.274. The number of carboxylic acid groups (broad SMARTS) is 1. The van der Waals surface area contributed by atoms with Crippen molar-refractivity contribution in [2.45, 2.75) is 25.7 Å². The number of aliphatic carboxylic acids is 1. The predicted octanol–water partition coefficient (Wildman–Crippen LogP) is 3.00. The Morgan fingerprint density at radius 3 is 2.64 bits per heavy atom. The monoisotopic (exact) mass is 356 g/mol. The molecule has 3 rings (SSSR count). The van der Waals surface area contributed by atoms with E-state index in [1.54, 1.807) is 6.92 Å². The summed E-state index contributed by atoms with van der Waals surface area (Å²) in [5, 5.41) is 9.70. The molecule has 2 N–H and O–H groups in total. The minimum atomic E-state index is -4.80. The quantitative estimate of drug-likeness (QED) is 0.886. The third-order valence-electron chi connectivity index (χ3n) is 4.39. The average Bonchev–Trinajstić information content (AvgIpc) is 3.07. The molecule has 2 aromatic rings. The largest absolute Gasteiger partial charge is 0.573 e. The zero-order chi connectivity index (χ0) is 18.4. The number of rotatable bonds is 3. The molecule has 0 aliphatic carbocycles. The molecule has 9 heteroatoms. The number of halogens is 3. The number of amides is 1. The first-order valence-electron chi connectivity index (χ1n) is 7.58. The van der Waals surface area contributed by atoms with E-state index in [1.807, 2.05) is 0 Å². The van der Waals surface area contributed by atoms with E-state index in [2.05, 4.69) is 9.72 Å². The SMILES string of the molecule is CC1C(C(=O)O)CCN1C(=O)c1cc2ccc(OC(F)(F)F)cc2[nH]1. The van der Waals surface area contributed by atoms with Crippen LogP contribution in [0.15, 0.2) is 24.3 Å². The highest BCUT2D eigenvalue weighted by molar-refractivity contribution is 5.98. The number of benzene rings is 1. The maximum atomic E-state index is 12.6. The van der Waals surface area contributed by atoms with Gasteiger partial charge in [0.25, 0.3) is 5.91 Å². The normalized spacial score (nSPS) is 20.9. The lowest BCUT2D eigenvalue weighted by Crippen LogP contribution is -2.37. The smallest absolute Gasteiger partial charge is 0.481 e. The van der Waals surface area contributed by atoms with Crippen LogP contribution in [-0.4, -0.2) is 45.8 Å². The molecule has 2 unspecified atom stereocenters. The summed E-state index contributed by atoms with van der Waals surface area (Å²) >= 11 is 0. The van der Waals surface area contributed by atoms with Gasteiger partial charge in [0.1, 0.15) is 11.4 Å². The van der Waals surface area contributed by atoms with Crippen molar-refractivity contribution in [1.82, 2.24) is 9.88 Å². The molecule has 0 saturated carbocycles. The van der Waals surface area contributed by atoms with Crippen molar-refractivity contribution in [1.29, 1.82) is 0 Å². The van der Waals surface area contributed by atoms with E-state index < -0.39 is 24.3 Å². The third-order valence-corrected chi connectivity index (χ3v) is 4.39. The van der Waals surface area contributed by atoms with Crippen LogP contribution in [0.5, 0.6) is 5.75 Å². The third kappa shape index (κ3) is 3.40. The molecule has 6 nitrogen and oxygen atoms in total. The van der Waals surface area contributed by atoms with Gasteiger partial charge in [0.2, 0.25) is 0 Å². The first-order chi connectivity index (χ1) is 11.7. The van der Waals surface area contributed by atoms with Gasteiger partial charge in [-0.15, -0.1) is 13.2 Å². The number of carbonyl (C=O) groups is 2. The number of carboxylic acids is 1. The van der Waals surface area contributed by atoms with Crippen LogP contribution in [-0.2, 0) is 4.79 Å². The molecule has 2 atom stereocenters. The summed E-state index contributed by atoms with van der Waals surface area (Å²) in [6.45, 7) is 1.98. The first kappa shape index (κ1) is 17.1. The maximum Gasteiger partial charge on any atom is 0.573 e. The number of nitrogens with zero attached hydrogens (tertiary/aromatic N) is 1. The number of ether oxygens (including phenoxy) is 1. The number of alkyl halides is 3. The fourth-order valence-electron chi connectivity index (χ4n) is 3.13. The van der Waals surface area contributed by atoms with Gasteiger partial charge in [0.15, 0.2) is 0 Å². The number of carbonyl (C=O) groups excluding carboxylic acids is 1. The van der Waals surface area contributed by atoms with Crippen molar-refractivity contribution in [2.24, 2.45) is 5.92 Å². The van der Waals surface area contributed by atoms with E-state index in [0.29, 0.717) is 23.9 Å². The second kappa shape index (κ2) is 5.98. The fourth-order valence-corrected chi connectivity index (χ4v) is 3.13. The Labute approximate surface area is 140 Å². The zero-order valence-corrected chi connectivity index (χ0v) is 13.1. The van der Waals surface area contributed by atoms with Gasteiger partial charge in [-0.25, -0.2) is 0 Å². The van der Waals surface area contributed by atoms with Gasteiger partial charge in [-0.1, -0.05) is 0 Å². The van der Waals surface area contributed by atoms with Gasteiger partial charge < -0.3 is 19.7 Å². The van der Waals surface area contributed by atoms with Crippen LogP contribution in [0.4, 0.5) is 13.2 Å². The van der Waals surface area contributed by atoms with E-state index in [9.17, 15) is 22.8 Å². The van der Waals surface area contributed by atoms with Gasteiger partial charge in [-0.3, -0.25) is 9.59 Å². The predicted molar refractivity (Wildman–Crippen MR) is 81.2 cm³/mol. The van der Waals surface area contributed by atoms with Crippen LogP contribution in [0.3, 0.4) is 0 Å². The van der Waals surface area contributed by atoms with Crippen LogP contribution in [0, 0.1) is 5.92 Å². The highest BCUT2D eigenvalue weighted by Gasteiger charge is 2.38. The lowest BCUT2D eigenvalue weighted by atomic mass is 10.0. The Kier molecular flexibility index (Phi) is 4.09. The zero-order valence-electron chi connectivity index (χ0n) is 13.1. The van der Waals surface area contributed by atoms with Crippen molar-refractivity contribution in [2.75, 3.05) is 6.54 Å². The number of fused-ring (bicyclic) bond motifs is 1. The molecule has 1 saturated heterocycles. The van der Waals surface area contributed by atoms with E-state index in [-0.39, 0.29) is 17.4 Å². The molecule has 134 valence electrons. The summed E-state index contributed by atoms with van der Waals surface area (Å²) < 4.78 is 40.7. The molecule has 25 heavy (non-hydrogen) atoms. The fraction of sp³-hybridized carbons (Fsp3) is 0.375. The summed E-state index contributed by atoms with van der Waals surface area (Å²) in [4.78, 5) is 28.0. The molecule has 1 aromatic heterocycles. The van der Waals surface area contributed by atoms with Gasteiger partial charge in [0, 0.05) is 29.6 Å². The summed E-state index contributed by atoms with van der Waals surface area (Å²) in [5.74, 6) is -2.35. The molecular weight excluding hydrogens is 341 g/mol. The molecule has 1 aromatic carbocycles. The molecule has 1 aliphatic heterocycles. The van der Waals surface area contributed by atoms with E-state index in [0.717, 1.165) is 12.1 Å². The number of hydrogen-bond acceptors (Lipinski definition) is 3. The Hall–Kier alpha value is -2.71. The van der Waals surface area contributed by atoms with Crippen molar-refractivity contribution < 1.29 is 32.6 Å². The molecule has 0 bridgehead atoms. The molecular formula is C16H15F3N2O4. The Balaban J connectivity index is 1.84. The second-order valence-electron chi connectivity index (χ2n) is 5.95. The van der Waals surface area contributed by atoms with Crippen molar-refractivity contribution >= 4 is 22.8 Å². The molecule has 0 spiro atoms. The summed E-state index contributed by atoms with van der Waals surface area (Å²) in [6, 6.07) is 4.80. The number of hydrogen-bond donors (Lipinski definition) is 2. The van der Waals surface area contributed by atoms with Crippen LogP contribution in [0.25, 0.3) is 10.9 Å². The van der Waals surface area contributed by atoms with E-state index in [1.165, 1.54) is 17.0 Å². The van der Waals surface area contributed by atoms with Gasteiger partial charge >= 0.3 is 12.3 Å². The number of nitrogens with one attached hydrogen (secondary N) is 1. The topological polar surface area (TPSA) is 82.6 Å². The summed E-state index contributed by atoms with van der Waals surface area (Å²) in [5.41, 5.74) is 0.517. The molecule has 2 heterocycles. The number of H-pyrrole nitrogens is 1.